The van der Waals surface area contributed by atoms with Crippen molar-refractivity contribution in [3.05, 3.63) is 11.8 Å². The summed E-state index contributed by atoms with van der Waals surface area (Å²) >= 11 is 0. The fraction of sp³-hybridized carbons (Fsp3) is 0.750. The first kappa shape index (κ1) is 9.92. The second-order valence-electron chi connectivity index (χ2n) is 2.82. The van der Waals surface area contributed by atoms with Crippen molar-refractivity contribution in [3.8, 4) is 0 Å². The molecule has 0 saturated heterocycles. The quantitative estimate of drug-likeness (QED) is 0.456. The lowest BCUT2D eigenvalue weighted by atomic mass is 10.3. The van der Waals surface area contributed by atoms with Gasteiger partial charge in [-0.05, 0) is 19.4 Å². The predicted molar refractivity (Wildman–Crippen MR) is 51.5 cm³/mol. The van der Waals surface area contributed by atoms with Gasteiger partial charge in [-0.1, -0.05) is 19.9 Å². The van der Waals surface area contributed by atoms with Crippen LogP contribution in [0.4, 0.5) is 0 Å². The third-order valence-electron chi connectivity index (χ3n) is 1.34. The van der Waals surface area contributed by atoms with Crippen LogP contribution in [0.25, 0.3) is 0 Å². The van der Waals surface area contributed by atoms with Gasteiger partial charge in [0.15, 0.2) is 0 Å². The fourth-order valence-electron chi connectivity index (χ4n) is 0.777. The maximum Gasteiger partial charge on any atom is 0.0287 e. The molecule has 1 nitrogen and oxygen atoms in total. The molecule has 1 N–H and O–H groups in total. The molecule has 0 unspecified atom stereocenters. The molecule has 60 valence electrons. The lowest BCUT2D eigenvalue weighted by molar-refractivity contribution is 0.573. The number of unbranched alkanes of at least 4 members (excludes halogenated alkanes) is 1. The normalized spacial score (nSPS) is 11.9. The van der Waals surface area contributed by atoms with E-state index in [9.17, 15) is 0 Å². The zero-order valence-corrected chi connectivity index (χ0v) is 9.35. The molecule has 0 aliphatic rings. The molecule has 0 aromatic carbocycles. The van der Waals surface area contributed by atoms with Crippen LogP contribution >= 0.6 is 0 Å². The van der Waals surface area contributed by atoms with Crippen LogP contribution in [0.1, 0.15) is 26.7 Å². The smallest absolute Gasteiger partial charge is 0.0287 e. The molecule has 0 rings (SSSR count). The molecular formula is C8H19NSi. The Balaban J connectivity index is 2.91. The highest BCUT2D eigenvalue weighted by Crippen LogP contribution is 1.88. The van der Waals surface area contributed by atoms with E-state index in [4.69, 9.17) is 0 Å². The van der Waals surface area contributed by atoms with Crippen LogP contribution in [-0.2, 0) is 0 Å². The summed E-state index contributed by atoms with van der Waals surface area (Å²) in [5.74, 6) is 0. The number of hydrogen-bond donors (Lipinski definition) is 1. The molecular weight excluding hydrogens is 138 g/mol. The van der Waals surface area contributed by atoms with Crippen molar-refractivity contribution in [1.82, 2.24) is 5.32 Å². The van der Waals surface area contributed by atoms with Gasteiger partial charge in [0.1, 0.15) is 0 Å². The van der Waals surface area contributed by atoms with Gasteiger partial charge in [-0.2, -0.15) is 0 Å². The van der Waals surface area contributed by atoms with Crippen molar-refractivity contribution < 1.29 is 0 Å². The summed E-state index contributed by atoms with van der Waals surface area (Å²) in [4.78, 5) is 0. The Hall–Kier alpha value is -0.0831. The van der Waals surface area contributed by atoms with Crippen molar-refractivity contribution in [2.75, 3.05) is 6.54 Å². The highest BCUT2D eigenvalue weighted by atomic mass is 28.1. The summed E-state index contributed by atoms with van der Waals surface area (Å²) in [6.45, 7) is 5.52. The minimum Gasteiger partial charge on any atom is -0.315 e. The Morgan fingerprint density at radius 1 is 1.50 bits per heavy atom. The van der Waals surface area contributed by atoms with E-state index in [1.165, 1.54) is 23.1 Å². The lowest BCUT2D eigenvalue weighted by Gasteiger charge is -2.05. The molecule has 2 heteroatoms. The largest absolute Gasteiger partial charge is 0.315 e. The van der Waals surface area contributed by atoms with Crippen LogP contribution in [0, 0.1) is 0 Å². The maximum absolute atomic E-state index is 3.38. The minimum absolute atomic E-state index is 0.639. The van der Waals surface area contributed by atoms with E-state index in [1.807, 2.05) is 0 Å². The van der Waals surface area contributed by atoms with Gasteiger partial charge < -0.3 is 5.32 Å². The molecule has 0 aromatic heterocycles. The standard InChI is InChI=1S/C8H19NSi/c1-8(2)9-6-4-3-5-7-10/h5,7-9H,3-4,6H2,1-2,10H3. The topological polar surface area (TPSA) is 12.0 Å². The second-order valence-corrected chi connectivity index (χ2v) is 3.49. The molecule has 0 aliphatic heterocycles. The van der Waals surface area contributed by atoms with E-state index in [0.717, 1.165) is 6.54 Å². The van der Waals surface area contributed by atoms with E-state index in [0.29, 0.717) is 6.04 Å². The van der Waals surface area contributed by atoms with Crippen LogP contribution in [0.5, 0.6) is 0 Å². The third-order valence-corrected chi connectivity index (χ3v) is 1.81. The van der Waals surface area contributed by atoms with E-state index in [-0.39, 0.29) is 0 Å². The van der Waals surface area contributed by atoms with E-state index >= 15 is 0 Å². The number of hydrogen-bond acceptors (Lipinski definition) is 1. The molecule has 0 heterocycles. The van der Waals surface area contributed by atoms with Gasteiger partial charge in [-0.15, -0.1) is 5.70 Å². The predicted octanol–water partition coefficient (Wildman–Crippen LogP) is 0.644. The molecule has 10 heavy (non-hydrogen) atoms. The Morgan fingerprint density at radius 3 is 2.70 bits per heavy atom. The molecule has 0 fully saturated rings. The first-order chi connectivity index (χ1) is 4.77. The first-order valence-electron chi connectivity index (χ1n) is 4.12. The van der Waals surface area contributed by atoms with E-state index in [1.54, 1.807) is 0 Å². The summed E-state index contributed by atoms with van der Waals surface area (Å²) in [5, 5.41) is 3.38. The van der Waals surface area contributed by atoms with Crippen LogP contribution < -0.4 is 5.32 Å². The molecule has 0 radical (unpaired) electrons. The number of nitrogens with one attached hydrogen (secondary N) is 1. The van der Waals surface area contributed by atoms with Crippen LogP contribution in [-0.4, -0.2) is 22.8 Å². The molecule has 0 aromatic rings. The molecule has 0 bridgehead atoms. The van der Waals surface area contributed by atoms with Crippen LogP contribution in [0.2, 0.25) is 0 Å². The van der Waals surface area contributed by atoms with Crippen molar-refractivity contribution >= 4 is 10.2 Å². The fourth-order valence-corrected chi connectivity index (χ4v) is 1.11. The van der Waals surface area contributed by atoms with Gasteiger partial charge in [0.05, 0.1) is 0 Å². The van der Waals surface area contributed by atoms with Gasteiger partial charge >= 0.3 is 0 Å². The van der Waals surface area contributed by atoms with Crippen molar-refractivity contribution in [2.24, 2.45) is 0 Å². The summed E-state index contributed by atoms with van der Waals surface area (Å²) in [6, 6.07) is 0.639. The minimum atomic E-state index is 0.639. The van der Waals surface area contributed by atoms with E-state index in [2.05, 4.69) is 30.9 Å². The van der Waals surface area contributed by atoms with Crippen LogP contribution in [0.3, 0.4) is 0 Å². The lowest BCUT2D eigenvalue weighted by Crippen LogP contribution is -2.23. The molecule has 0 aliphatic carbocycles. The Kier molecular flexibility index (Phi) is 6.97. The Bertz CT molecular complexity index is 89.3. The Labute approximate surface area is 67.3 Å². The summed E-state index contributed by atoms with van der Waals surface area (Å²) < 4.78 is 0. The second kappa shape index (κ2) is 7.03. The van der Waals surface area contributed by atoms with Gasteiger partial charge in [0, 0.05) is 16.3 Å². The van der Waals surface area contributed by atoms with Crippen molar-refractivity contribution in [2.45, 2.75) is 32.7 Å². The van der Waals surface area contributed by atoms with Crippen LogP contribution in [0.15, 0.2) is 11.8 Å². The number of rotatable bonds is 5. The Morgan fingerprint density at radius 2 is 2.20 bits per heavy atom. The van der Waals surface area contributed by atoms with Gasteiger partial charge in [-0.25, -0.2) is 0 Å². The highest BCUT2D eigenvalue weighted by Gasteiger charge is 1.88. The zero-order valence-electron chi connectivity index (χ0n) is 7.35. The summed E-state index contributed by atoms with van der Waals surface area (Å²) in [6.07, 6.45) is 4.79. The zero-order chi connectivity index (χ0) is 7.82. The summed E-state index contributed by atoms with van der Waals surface area (Å²) in [7, 11) is 1.20. The van der Waals surface area contributed by atoms with E-state index < -0.39 is 0 Å². The monoisotopic (exact) mass is 157 g/mol. The first-order valence-corrected chi connectivity index (χ1v) is 5.27. The van der Waals surface area contributed by atoms with Gasteiger partial charge in [0.25, 0.3) is 0 Å². The van der Waals surface area contributed by atoms with Gasteiger partial charge in [-0.3, -0.25) is 0 Å². The molecule has 0 amide bonds. The average Bonchev–Trinajstić information content (AvgIpc) is 1.87. The van der Waals surface area contributed by atoms with Crippen molar-refractivity contribution in [3.63, 3.8) is 0 Å². The SMILES string of the molecule is CC(C)NCCCC=C[SiH3]. The molecule has 0 saturated carbocycles. The average molecular weight is 157 g/mol. The van der Waals surface area contributed by atoms with Crippen molar-refractivity contribution in [1.29, 1.82) is 0 Å². The summed E-state index contributed by atoms with van der Waals surface area (Å²) in [5.41, 5.74) is 2.25. The molecule has 0 spiro atoms. The highest BCUT2D eigenvalue weighted by molar-refractivity contribution is 6.16. The third kappa shape index (κ3) is 7.92. The number of allylic oxidation sites excluding steroid dienone is 1. The molecule has 0 atom stereocenters. The maximum atomic E-state index is 3.38. The van der Waals surface area contributed by atoms with Gasteiger partial charge in [0.2, 0.25) is 0 Å².